The number of aromatic nitrogens is 2. The van der Waals surface area contributed by atoms with Gasteiger partial charge < -0.3 is 15.0 Å². The summed E-state index contributed by atoms with van der Waals surface area (Å²) in [5, 5.41) is 6.79. The third-order valence-electron chi connectivity index (χ3n) is 4.39. The zero-order valence-corrected chi connectivity index (χ0v) is 14.5. The first kappa shape index (κ1) is 15.4. The number of hydrogen-bond donors (Lipinski definition) is 1. The van der Waals surface area contributed by atoms with Crippen molar-refractivity contribution in [1.82, 2.24) is 15.3 Å². The maximum atomic E-state index is 5.27. The van der Waals surface area contributed by atoms with E-state index in [2.05, 4.69) is 37.7 Å². The maximum absolute atomic E-state index is 5.27. The van der Waals surface area contributed by atoms with Crippen LogP contribution in [0, 0.1) is 0 Å². The van der Waals surface area contributed by atoms with Gasteiger partial charge in [0.2, 0.25) is 0 Å². The molecule has 1 fully saturated rings. The fourth-order valence-electron chi connectivity index (χ4n) is 3.14. The molecule has 124 valence electrons. The third-order valence-corrected chi connectivity index (χ3v) is 5.28. The van der Waals surface area contributed by atoms with Gasteiger partial charge in [-0.15, -0.1) is 11.3 Å². The first-order chi connectivity index (χ1) is 11.9. The van der Waals surface area contributed by atoms with Crippen molar-refractivity contribution in [2.24, 2.45) is 0 Å². The molecule has 0 atom stereocenters. The van der Waals surface area contributed by atoms with Gasteiger partial charge in [-0.2, -0.15) is 0 Å². The second kappa shape index (κ2) is 6.75. The van der Waals surface area contributed by atoms with Crippen molar-refractivity contribution in [1.29, 1.82) is 0 Å². The smallest absolute Gasteiger partial charge is 0.141 e. The minimum Gasteiger partial charge on any atom is -0.497 e. The Kier molecular flexibility index (Phi) is 4.32. The van der Waals surface area contributed by atoms with Crippen molar-refractivity contribution in [3.8, 4) is 16.9 Å². The largest absolute Gasteiger partial charge is 0.497 e. The van der Waals surface area contributed by atoms with Gasteiger partial charge in [0, 0.05) is 30.6 Å². The molecule has 0 amide bonds. The van der Waals surface area contributed by atoms with E-state index in [9.17, 15) is 0 Å². The molecule has 0 aliphatic carbocycles. The summed E-state index contributed by atoms with van der Waals surface area (Å²) in [5.41, 5.74) is 2.37. The molecule has 1 N–H and O–H groups in total. The van der Waals surface area contributed by atoms with Crippen LogP contribution in [0.1, 0.15) is 6.42 Å². The van der Waals surface area contributed by atoms with Crippen LogP contribution in [0.2, 0.25) is 0 Å². The van der Waals surface area contributed by atoms with E-state index >= 15 is 0 Å². The van der Waals surface area contributed by atoms with E-state index in [0.717, 1.165) is 54.4 Å². The molecule has 1 aromatic carbocycles. The van der Waals surface area contributed by atoms with Crippen molar-refractivity contribution in [3.63, 3.8) is 0 Å². The van der Waals surface area contributed by atoms with Crippen LogP contribution in [0.4, 0.5) is 5.82 Å². The summed E-state index contributed by atoms with van der Waals surface area (Å²) in [5.74, 6) is 1.92. The van der Waals surface area contributed by atoms with Gasteiger partial charge in [-0.3, -0.25) is 0 Å². The lowest BCUT2D eigenvalue weighted by Gasteiger charge is -2.22. The Bertz CT molecular complexity index is 823. The number of ether oxygens (including phenoxy) is 1. The van der Waals surface area contributed by atoms with E-state index in [-0.39, 0.29) is 0 Å². The first-order valence-electron chi connectivity index (χ1n) is 8.19. The summed E-state index contributed by atoms with van der Waals surface area (Å²) in [6.07, 6.45) is 2.82. The van der Waals surface area contributed by atoms with Crippen LogP contribution in [0.15, 0.2) is 36.0 Å². The van der Waals surface area contributed by atoms with Crippen molar-refractivity contribution >= 4 is 27.4 Å². The van der Waals surface area contributed by atoms with Crippen LogP contribution in [-0.4, -0.2) is 43.3 Å². The molecule has 5 nitrogen and oxygen atoms in total. The number of nitrogens with one attached hydrogen (secondary N) is 1. The minimum atomic E-state index is 0.869. The predicted molar refractivity (Wildman–Crippen MR) is 99.1 cm³/mol. The van der Waals surface area contributed by atoms with Gasteiger partial charge >= 0.3 is 0 Å². The van der Waals surface area contributed by atoms with Crippen LogP contribution in [-0.2, 0) is 0 Å². The summed E-state index contributed by atoms with van der Waals surface area (Å²) in [6.45, 7) is 4.06. The highest BCUT2D eigenvalue weighted by molar-refractivity contribution is 7.17. The van der Waals surface area contributed by atoms with Crippen LogP contribution in [0.25, 0.3) is 21.3 Å². The lowest BCUT2D eigenvalue weighted by molar-refractivity contribution is 0.415. The molecule has 1 saturated heterocycles. The topological polar surface area (TPSA) is 50.3 Å². The summed E-state index contributed by atoms with van der Waals surface area (Å²) in [4.78, 5) is 12.5. The summed E-state index contributed by atoms with van der Waals surface area (Å²) in [6, 6.07) is 8.19. The Morgan fingerprint density at radius 2 is 2.00 bits per heavy atom. The maximum Gasteiger partial charge on any atom is 0.141 e. The lowest BCUT2D eigenvalue weighted by Crippen LogP contribution is -2.28. The zero-order valence-electron chi connectivity index (χ0n) is 13.7. The van der Waals surface area contributed by atoms with E-state index < -0.39 is 0 Å². The van der Waals surface area contributed by atoms with Gasteiger partial charge in [0.05, 0.1) is 12.5 Å². The average Bonchev–Trinajstić information content (AvgIpc) is 2.88. The molecular weight excluding hydrogens is 320 g/mol. The SMILES string of the molecule is COc1ccc(-c2csc3ncnc(N4CCCNCC4)c23)cc1. The van der Waals surface area contributed by atoms with Gasteiger partial charge in [-0.25, -0.2) is 9.97 Å². The number of methoxy groups -OCH3 is 1. The van der Waals surface area contributed by atoms with E-state index in [1.54, 1.807) is 24.8 Å². The molecule has 1 aliphatic heterocycles. The summed E-state index contributed by atoms with van der Waals surface area (Å²) >= 11 is 1.68. The van der Waals surface area contributed by atoms with Crippen LogP contribution >= 0.6 is 11.3 Å². The molecule has 3 aromatic rings. The Morgan fingerprint density at radius 1 is 1.12 bits per heavy atom. The van der Waals surface area contributed by atoms with E-state index in [0.29, 0.717) is 0 Å². The fraction of sp³-hybridized carbons (Fsp3) is 0.333. The normalized spacial score (nSPS) is 15.5. The number of fused-ring (bicyclic) bond motifs is 1. The van der Waals surface area contributed by atoms with Gasteiger partial charge in [0.15, 0.2) is 0 Å². The van der Waals surface area contributed by atoms with Crippen molar-refractivity contribution < 1.29 is 4.74 Å². The molecular formula is C18H20N4OS. The standard InChI is InChI=1S/C18H20N4OS/c1-23-14-5-3-13(4-6-14)15-11-24-18-16(15)17(20-12-21-18)22-9-2-7-19-8-10-22/h3-6,11-12,19H,2,7-10H2,1H3. The second-order valence-electron chi connectivity index (χ2n) is 5.85. The second-order valence-corrected chi connectivity index (χ2v) is 6.70. The zero-order chi connectivity index (χ0) is 16.4. The Labute approximate surface area is 145 Å². The average molecular weight is 340 g/mol. The molecule has 4 rings (SSSR count). The molecule has 2 aromatic heterocycles. The highest BCUT2D eigenvalue weighted by Crippen LogP contribution is 2.38. The summed E-state index contributed by atoms with van der Waals surface area (Å²) < 4.78 is 5.27. The van der Waals surface area contributed by atoms with Gasteiger partial charge in [-0.1, -0.05) is 12.1 Å². The predicted octanol–water partition coefficient (Wildman–Crippen LogP) is 3.17. The van der Waals surface area contributed by atoms with E-state index in [4.69, 9.17) is 4.74 Å². The number of thiophene rings is 1. The van der Waals surface area contributed by atoms with Crippen molar-refractivity contribution in [2.45, 2.75) is 6.42 Å². The number of hydrogen-bond acceptors (Lipinski definition) is 6. The van der Waals surface area contributed by atoms with E-state index in [1.807, 2.05) is 12.1 Å². The number of nitrogens with zero attached hydrogens (tertiary/aromatic N) is 3. The van der Waals surface area contributed by atoms with Crippen molar-refractivity contribution in [3.05, 3.63) is 36.0 Å². The van der Waals surface area contributed by atoms with Gasteiger partial charge in [0.1, 0.15) is 22.7 Å². The molecule has 3 heterocycles. The molecule has 0 saturated carbocycles. The van der Waals surface area contributed by atoms with Gasteiger partial charge in [-0.05, 0) is 30.7 Å². The third kappa shape index (κ3) is 2.83. The Morgan fingerprint density at radius 3 is 2.83 bits per heavy atom. The highest BCUT2D eigenvalue weighted by atomic mass is 32.1. The monoisotopic (exact) mass is 340 g/mol. The fourth-order valence-corrected chi connectivity index (χ4v) is 4.05. The van der Waals surface area contributed by atoms with Gasteiger partial charge in [0.25, 0.3) is 0 Å². The molecule has 0 bridgehead atoms. The molecule has 0 unspecified atom stereocenters. The highest BCUT2D eigenvalue weighted by Gasteiger charge is 2.18. The molecule has 0 spiro atoms. The lowest BCUT2D eigenvalue weighted by atomic mass is 10.1. The number of anilines is 1. The molecule has 0 radical (unpaired) electrons. The molecule has 6 heteroatoms. The molecule has 24 heavy (non-hydrogen) atoms. The van der Waals surface area contributed by atoms with Crippen LogP contribution in [0.5, 0.6) is 5.75 Å². The van der Waals surface area contributed by atoms with Crippen molar-refractivity contribution in [2.75, 3.05) is 38.2 Å². The van der Waals surface area contributed by atoms with E-state index in [1.165, 1.54) is 11.1 Å². The molecule has 1 aliphatic rings. The van der Waals surface area contributed by atoms with Crippen LogP contribution in [0.3, 0.4) is 0 Å². The Balaban J connectivity index is 1.81. The quantitative estimate of drug-likeness (QED) is 0.794. The van der Waals surface area contributed by atoms with Crippen LogP contribution < -0.4 is 15.0 Å². The summed E-state index contributed by atoms with van der Waals surface area (Å²) in [7, 11) is 1.69. The number of benzene rings is 1. The number of rotatable bonds is 3. The first-order valence-corrected chi connectivity index (χ1v) is 9.07. The Hall–Kier alpha value is -2.18. The minimum absolute atomic E-state index is 0.869.